The molecule has 0 saturated heterocycles. The van der Waals surface area contributed by atoms with Gasteiger partial charge in [-0.05, 0) is 23.7 Å². The lowest BCUT2D eigenvalue weighted by molar-refractivity contribution is -0.903. The SMILES string of the molecule is CC(=O)Nc1ccc(Oc2cc[n+](O)c(Cl)c2)c(F)c1. The summed E-state index contributed by atoms with van der Waals surface area (Å²) in [4.78, 5) is 10.9. The van der Waals surface area contributed by atoms with Gasteiger partial charge in [0.15, 0.2) is 11.6 Å². The van der Waals surface area contributed by atoms with Crippen molar-refractivity contribution < 1.29 is 23.9 Å². The molecule has 7 heteroatoms. The fraction of sp³-hybridized carbons (Fsp3) is 0.0769. The highest BCUT2D eigenvalue weighted by Crippen LogP contribution is 2.27. The molecule has 5 nitrogen and oxygen atoms in total. The maximum atomic E-state index is 13.8. The molecule has 0 bridgehead atoms. The summed E-state index contributed by atoms with van der Waals surface area (Å²) in [7, 11) is 0. The van der Waals surface area contributed by atoms with Gasteiger partial charge >= 0.3 is 5.15 Å². The average Bonchev–Trinajstić information content (AvgIpc) is 2.36. The number of rotatable bonds is 3. The molecule has 2 N–H and O–H groups in total. The number of nitrogens with zero attached hydrogens (tertiary/aromatic N) is 1. The first-order valence-corrected chi connectivity index (χ1v) is 5.99. The van der Waals surface area contributed by atoms with Crippen LogP contribution in [-0.4, -0.2) is 11.1 Å². The number of amides is 1. The molecular formula is C13H11ClFN2O3+. The Bertz CT molecular complexity index is 664. The Morgan fingerprint density at radius 2 is 2.15 bits per heavy atom. The van der Waals surface area contributed by atoms with Crippen LogP contribution < -0.4 is 14.8 Å². The molecule has 1 aromatic heterocycles. The summed E-state index contributed by atoms with van der Waals surface area (Å²) in [5.74, 6) is -0.675. The van der Waals surface area contributed by atoms with Crippen LogP contribution in [-0.2, 0) is 4.79 Å². The molecule has 0 fully saturated rings. The van der Waals surface area contributed by atoms with Gasteiger partial charge in [0.1, 0.15) is 5.75 Å². The van der Waals surface area contributed by atoms with E-state index >= 15 is 0 Å². The number of halogens is 2. The summed E-state index contributed by atoms with van der Waals surface area (Å²) >= 11 is 5.69. The zero-order chi connectivity index (χ0) is 14.7. The largest absolute Gasteiger partial charge is 0.454 e. The first-order chi connectivity index (χ1) is 9.45. The number of benzene rings is 1. The minimum Gasteiger partial charge on any atom is -0.454 e. The van der Waals surface area contributed by atoms with E-state index in [0.717, 1.165) is 6.07 Å². The number of aromatic nitrogens is 1. The molecule has 0 aliphatic rings. The smallest absolute Gasteiger partial charge is 0.328 e. The van der Waals surface area contributed by atoms with E-state index < -0.39 is 5.82 Å². The van der Waals surface area contributed by atoms with E-state index in [2.05, 4.69) is 5.32 Å². The van der Waals surface area contributed by atoms with Crippen LogP contribution in [0, 0.1) is 5.82 Å². The van der Waals surface area contributed by atoms with Gasteiger partial charge in [0, 0.05) is 29.5 Å². The van der Waals surface area contributed by atoms with E-state index in [1.54, 1.807) is 0 Å². The molecule has 20 heavy (non-hydrogen) atoms. The van der Waals surface area contributed by atoms with Gasteiger partial charge in [0.25, 0.3) is 0 Å². The Morgan fingerprint density at radius 3 is 2.75 bits per heavy atom. The van der Waals surface area contributed by atoms with Crippen molar-refractivity contribution in [1.82, 2.24) is 0 Å². The van der Waals surface area contributed by atoms with Crippen molar-refractivity contribution in [2.24, 2.45) is 0 Å². The van der Waals surface area contributed by atoms with E-state index in [-0.39, 0.29) is 22.6 Å². The molecule has 104 valence electrons. The maximum Gasteiger partial charge on any atom is 0.328 e. The van der Waals surface area contributed by atoms with Crippen LogP contribution in [0.4, 0.5) is 10.1 Å². The molecule has 0 aliphatic carbocycles. The van der Waals surface area contributed by atoms with Gasteiger partial charge in [-0.25, -0.2) is 4.39 Å². The molecule has 1 amide bonds. The molecule has 0 aliphatic heterocycles. The minimum atomic E-state index is -0.631. The quantitative estimate of drug-likeness (QED) is 0.520. The van der Waals surface area contributed by atoms with E-state index in [9.17, 15) is 14.4 Å². The van der Waals surface area contributed by atoms with Gasteiger partial charge in [-0.2, -0.15) is 0 Å². The van der Waals surface area contributed by atoms with Crippen LogP contribution >= 0.6 is 11.6 Å². The van der Waals surface area contributed by atoms with Crippen molar-refractivity contribution in [1.29, 1.82) is 0 Å². The Morgan fingerprint density at radius 1 is 1.40 bits per heavy atom. The molecule has 2 rings (SSSR count). The second-order valence-corrected chi connectivity index (χ2v) is 4.35. The van der Waals surface area contributed by atoms with Crippen LogP contribution in [0.5, 0.6) is 11.5 Å². The monoisotopic (exact) mass is 297 g/mol. The van der Waals surface area contributed by atoms with Gasteiger partial charge < -0.3 is 10.1 Å². The van der Waals surface area contributed by atoms with Crippen LogP contribution in [0.1, 0.15) is 6.92 Å². The lowest BCUT2D eigenvalue weighted by atomic mass is 10.3. The average molecular weight is 298 g/mol. The number of carbonyl (C=O) groups excluding carboxylic acids is 1. The highest BCUT2D eigenvalue weighted by atomic mass is 35.5. The van der Waals surface area contributed by atoms with Crippen molar-refractivity contribution in [3.8, 4) is 11.5 Å². The summed E-state index contributed by atoms with van der Waals surface area (Å²) in [6.45, 7) is 1.33. The number of ether oxygens (including phenoxy) is 1. The van der Waals surface area contributed by atoms with Gasteiger partial charge in [-0.15, -0.1) is 0 Å². The predicted molar refractivity (Wildman–Crippen MR) is 69.6 cm³/mol. The zero-order valence-corrected chi connectivity index (χ0v) is 11.2. The molecule has 1 aromatic carbocycles. The third-order valence-electron chi connectivity index (χ3n) is 2.34. The summed E-state index contributed by atoms with van der Waals surface area (Å²) in [6.07, 6.45) is 1.27. The van der Waals surface area contributed by atoms with Crippen molar-refractivity contribution >= 4 is 23.2 Å². The van der Waals surface area contributed by atoms with Crippen molar-refractivity contribution in [2.45, 2.75) is 6.92 Å². The Hall–Kier alpha value is -2.34. The summed E-state index contributed by atoms with van der Waals surface area (Å²) in [5.41, 5.74) is 0.335. The fourth-order valence-corrected chi connectivity index (χ4v) is 1.67. The normalized spacial score (nSPS) is 10.2. The van der Waals surface area contributed by atoms with Crippen molar-refractivity contribution in [2.75, 3.05) is 5.32 Å². The number of pyridine rings is 1. The predicted octanol–water partition coefficient (Wildman–Crippen LogP) is 2.75. The molecular weight excluding hydrogens is 287 g/mol. The van der Waals surface area contributed by atoms with E-state index in [4.69, 9.17) is 16.3 Å². The van der Waals surface area contributed by atoms with Gasteiger partial charge in [0.2, 0.25) is 12.1 Å². The second-order valence-electron chi connectivity index (χ2n) is 3.96. The maximum absolute atomic E-state index is 13.8. The van der Waals surface area contributed by atoms with Crippen LogP contribution in [0.25, 0.3) is 0 Å². The highest BCUT2D eigenvalue weighted by Gasteiger charge is 2.11. The van der Waals surface area contributed by atoms with E-state index in [0.29, 0.717) is 10.4 Å². The molecule has 0 atom stereocenters. The first kappa shape index (κ1) is 14.1. The Balaban J connectivity index is 2.21. The topological polar surface area (TPSA) is 62.4 Å². The van der Waals surface area contributed by atoms with Crippen LogP contribution in [0.2, 0.25) is 5.15 Å². The van der Waals surface area contributed by atoms with Crippen molar-refractivity contribution in [3.63, 3.8) is 0 Å². The number of carbonyl (C=O) groups is 1. The summed E-state index contributed by atoms with van der Waals surface area (Å²) < 4.78 is 19.8. The van der Waals surface area contributed by atoms with Crippen molar-refractivity contribution in [3.05, 3.63) is 47.5 Å². The summed E-state index contributed by atoms with van der Waals surface area (Å²) in [5, 5.41) is 11.7. The number of hydrogen-bond acceptors (Lipinski definition) is 3. The molecule has 1 heterocycles. The van der Waals surface area contributed by atoms with E-state index in [1.165, 1.54) is 37.4 Å². The number of hydrogen-bond donors (Lipinski definition) is 2. The highest BCUT2D eigenvalue weighted by molar-refractivity contribution is 6.28. The Kier molecular flexibility index (Phi) is 4.05. The number of nitrogens with one attached hydrogen (secondary N) is 1. The fourth-order valence-electron chi connectivity index (χ4n) is 1.50. The summed E-state index contributed by atoms with van der Waals surface area (Å²) in [6, 6.07) is 6.80. The minimum absolute atomic E-state index is 0.0224. The van der Waals surface area contributed by atoms with Crippen LogP contribution in [0.15, 0.2) is 36.5 Å². The Labute approximate surface area is 119 Å². The third kappa shape index (κ3) is 3.36. The molecule has 0 radical (unpaired) electrons. The van der Waals surface area contributed by atoms with Gasteiger partial charge in [-0.1, -0.05) is 0 Å². The van der Waals surface area contributed by atoms with Gasteiger partial charge in [0.05, 0.1) is 6.07 Å². The second kappa shape index (κ2) is 5.75. The van der Waals surface area contributed by atoms with E-state index in [1.807, 2.05) is 0 Å². The molecule has 0 unspecified atom stereocenters. The molecule has 0 saturated carbocycles. The number of anilines is 1. The zero-order valence-electron chi connectivity index (χ0n) is 10.4. The third-order valence-corrected chi connectivity index (χ3v) is 2.62. The lowest BCUT2D eigenvalue weighted by Crippen LogP contribution is -2.30. The van der Waals surface area contributed by atoms with Gasteiger partial charge in [-0.3, -0.25) is 10.0 Å². The standard InChI is InChI=1S/C13H10ClFN2O3/c1-8(18)16-9-2-3-12(11(15)6-9)20-10-4-5-17(19)13(14)7-10/h2-7H,1H3,(H-,16,18,19)/p+1. The lowest BCUT2D eigenvalue weighted by Gasteiger charge is -2.08. The van der Waals surface area contributed by atoms with Crippen LogP contribution in [0.3, 0.4) is 0 Å². The molecule has 2 aromatic rings. The molecule has 0 spiro atoms. The first-order valence-electron chi connectivity index (χ1n) is 5.61.